The third-order valence-electron chi connectivity index (χ3n) is 1.18. The summed E-state index contributed by atoms with van der Waals surface area (Å²) in [5.41, 5.74) is 0. The molecule has 0 amide bonds. The van der Waals surface area contributed by atoms with E-state index in [0.29, 0.717) is 5.75 Å². The highest BCUT2D eigenvalue weighted by atomic mass is 32.2. The number of terminal acetylenes is 1. The first-order valence-corrected chi connectivity index (χ1v) is 5.01. The number of hydrogen-bond acceptors (Lipinski definition) is 4. The van der Waals surface area contributed by atoms with Crippen LogP contribution in [0.25, 0.3) is 0 Å². The molecule has 1 atom stereocenters. The Labute approximate surface area is 78.8 Å². The first-order valence-electron chi connectivity index (χ1n) is 3.46. The van der Waals surface area contributed by atoms with Crippen molar-refractivity contribution in [3.8, 4) is 18.1 Å². The van der Waals surface area contributed by atoms with Gasteiger partial charge in [-0.05, 0) is 0 Å². The van der Waals surface area contributed by atoms with Crippen LogP contribution < -0.4 is 4.74 Å². The molecule has 1 aromatic rings. The Bertz CT molecular complexity index is 342. The summed E-state index contributed by atoms with van der Waals surface area (Å²) in [6, 6.07) is 0. The molecule has 0 radical (unpaired) electrons. The monoisotopic (exact) mass is 196 g/mol. The van der Waals surface area contributed by atoms with E-state index in [4.69, 9.17) is 11.2 Å². The van der Waals surface area contributed by atoms with Gasteiger partial charge in [-0.15, -0.1) is 6.42 Å². The molecule has 13 heavy (non-hydrogen) atoms. The summed E-state index contributed by atoms with van der Waals surface area (Å²) in [5.74, 6) is 2.79. The van der Waals surface area contributed by atoms with Crippen LogP contribution in [0.2, 0.25) is 0 Å². The minimum Gasteiger partial charge on any atom is -0.478 e. The summed E-state index contributed by atoms with van der Waals surface area (Å²) in [4.78, 5) is 7.65. The summed E-state index contributed by atoms with van der Waals surface area (Å²) in [5, 5.41) is 0.285. The van der Waals surface area contributed by atoms with Crippen LogP contribution in [0.4, 0.5) is 0 Å². The molecule has 0 aliphatic carbocycles. The Kier molecular flexibility index (Phi) is 3.41. The molecule has 68 valence electrons. The highest BCUT2D eigenvalue weighted by Crippen LogP contribution is 2.06. The van der Waals surface area contributed by atoms with Crippen LogP contribution in [0.1, 0.15) is 0 Å². The van der Waals surface area contributed by atoms with Crippen molar-refractivity contribution in [2.45, 2.75) is 5.16 Å². The summed E-state index contributed by atoms with van der Waals surface area (Å²) >= 11 is 0. The maximum absolute atomic E-state index is 10.9. The zero-order valence-electron chi connectivity index (χ0n) is 7.06. The Morgan fingerprint density at radius 3 is 2.69 bits per heavy atom. The van der Waals surface area contributed by atoms with Crippen molar-refractivity contribution in [3.05, 3.63) is 12.4 Å². The smallest absolute Gasteiger partial charge is 0.218 e. The Morgan fingerprint density at radius 2 is 2.23 bits per heavy atom. The van der Waals surface area contributed by atoms with Crippen molar-refractivity contribution >= 4 is 10.8 Å². The van der Waals surface area contributed by atoms with Crippen molar-refractivity contribution in [2.24, 2.45) is 0 Å². The zero-order chi connectivity index (χ0) is 9.68. The highest BCUT2D eigenvalue weighted by Gasteiger charge is 2.00. The molecule has 0 aliphatic rings. The summed E-state index contributed by atoms with van der Waals surface area (Å²) < 4.78 is 15.9. The van der Waals surface area contributed by atoms with Crippen LogP contribution >= 0.6 is 0 Å². The van der Waals surface area contributed by atoms with Crippen molar-refractivity contribution < 1.29 is 8.95 Å². The van der Waals surface area contributed by atoms with E-state index in [1.165, 1.54) is 18.6 Å². The quantitative estimate of drug-likeness (QED) is 0.513. The van der Waals surface area contributed by atoms with Gasteiger partial charge in [-0.25, -0.2) is 9.97 Å². The number of aromatic nitrogens is 2. The van der Waals surface area contributed by atoms with E-state index < -0.39 is 10.8 Å². The van der Waals surface area contributed by atoms with Gasteiger partial charge in [-0.1, -0.05) is 5.92 Å². The van der Waals surface area contributed by atoms with Crippen LogP contribution in [0.5, 0.6) is 5.75 Å². The maximum Gasteiger partial charge on any atom is 0.218 e. The third-order valence-corrected chi connectivity index (χ3v) is 1.91. The molecule has 0 aromatic carbocycles. The largest absolute Gasteiger partial charge is 0.478 e. The topological polar surface area (TPSA) is 52.1 Å². The van der Waals surface area contributed by atoms with Gasteiger partial charge in [0.05, 0.1) is 23.2 Å². The van der Waals surface area contributed by atoms with Gasteiger partial charge in [0.1, 0.15) is 6.61 Å². The van der Waals surface area contributed by atoms with Gasteiger partial charge in [0, 0.05) is 6.26 Å². The molecule has 1 rings (SSSR count). The van der Waals surface area contributed by atoms with Gasteiger partial charge in [0.15, 0.2) is 5.75 Å². The summed E-state index contributed by atoms with van der Waals surface area (Å²) in [7, 11) is -1.16. The number of nitrogens with zero attached hydrogens (tertiary/aromatic N) is 2. The van der Waals surface area contributed by atoms with Crippen molar-refractivity contribution in [2.75, 3.05) is 12.9 Å². The number of ether oxygens (including phenoxy) is 1. The minimum atomic E-state index is -1.16. The van der Waals surface area contributed by atoms with Crippen LogP contribution in [0, 0.1) is 12.3 Å². The fourth-order valence-electron chi connectivity index (χ4n) is 0.652. The van der Waals surface area contributed by atoms with E-state index in [1.54, 1.807) is 0 Å². The van der Waals surface area contributed by atoms with E-state index in [-0.39, 0.29) is 11.8 Å². The lowest BCUT2D eigenvalue weighted by atomic mass is 10.6. The van der Waals surface area contributed by atoms with E-state index >= 15 is 0 Å². The minimum absolute atomic E-state index is 0.178. The van der Waals surface area contributed by atoms with Crippen molar-refractivity contribution in [1.82, 2.24) is 9.97 Å². The fraction of sp³-hybridized carbons (Fsp3) is 0.250. The molecule has 4 nitrogen and oxygen atoms in total. The predicted octanol–water partition coefficient (Wildman–Crippen LogP) is 0.226. The average molecular weight is 196 g/mol. The number of rotatable bonds is 3. The van der Waals surface area contributed by atoms with Gasteiger partial charge in [-0.3, -0.25) is 4.21 Å². The lowest BCUT2D eigenvalue weighted by molar-refractivity contribution is 0.365. The maximum atomic E-state index is 10.9. The third kappa shape index (κ3) is 2.84. The van der Waals surface area contributed by atoms with E-state index in [1.807, 2.05) is 0 Å². The van der Waals surface area contributed by atoms with Gasteiger partial charge < -0.3 is 4.74 Å². The van der Waals surface area contributed by atoms with Crippen molar-refractivity contribution in [3.63, 3.8) is 0 Å². The summed E-state index contributed by atoms with van der Waals surface area (Å²) in [6.07, 6.45) is 9.39. The molecule has 1 aromatic heterocycles. The van der Waals surface area contributed by atoms with Gasteiger partial charge in [0.2, 0.25) is 5.16 Å². The normalized spacial score (nSPS) is 11.7. The lowest BCUT2D eigenvalue weighted by Gasteiger charge is -2.00. The number of hydrogen-bond donors (Lipinski definition) is 0. The molecular formula is C8H8N2O2S. The average Bonchev–Trinajstić information content (AvgIpc) is 2.15. The van der Waals surface area contributed by atoms with E-state index in [2.05, 4.69) is 15.9 Å². The van der Waals surface area contributed by atoms with Crippen LogP contribution in [0.15, 0.2) is 17.6 Å². The molecule has 5 heteroatoms. The van der Waals surface area contributed by atoms with Gasteiger partial charge >= 0.3 is 0 Å². The molecule has 1 heterocycles. The second kappa shape index (κ2) is 4.58. The molecule has 0 unspecified atom stereocenters. The van der Waals surface area contributed by atoms with Gasteiger partial charge in [-0.2, -0.15) is 0 Å². The Morgan fingerprint density at radius 1 is 1.62 bits per heavy atom. The van der Waals surface area contributed by atoms with Crippen LogP contribution in [0.3, 0.4) is 0 Å². The molecule has 0 saturated carbocycles. The Balaban J connectivity index is 2.71. The molecule has 0 bridgehead atoms. The highest BCUT2D eigenvalue weighted by molar-refractivity contribution is 7.84. The van der Waals surface area contributed by atoms with E-state index in [0.717, 1.165) is 0 Å². The lowest BCUT2D eigenvalue weighted by Crippen LogP contribution is -1.99. The molecule has 0 saturated heterocycles. The Hall–Kier alpha value is -1.41. The molecule has 0 spiro atoms. The molecule has 0 fully saturated rings. The molecular weight excluding hydrogens is 188 g/mol. The van der Waals surface area contributed by atoms with Gasteiger partial charge in [0.25, 0.3) is 0 Å². The van der Waals surface area contributed by atoms with Crippen LogP contribution in [-0.4, -0.2) is 27.0 Å². The second-order valence-corrected chi connectivity index (χ2v) is 3.42. The molecule has 0 N–H and O–H groups in total. The first kappa shape index (κ1) is 9.68. The van der Waals surface area contributed by atoms with E-state index in [9.17, 15) is 4.21 Å². The SMILES string of the molecule is C#CCOc1cnc([S@](C)=O)nc1. The second-order valence-electron chi connectivity index (χ2n) is 2.15. The van der Waals surface area contributed by atoms with Crippen molar-refractivity contribution in [1.29, 1.82) is 0 Å². The standard InChI is InChI=1S/C8H8N2O2S/c1-3-4-12-7-5-9-8(10-6-7)13(2)11/h1,5-6H,4H2,2H3/t13-/m0/s1. The fourth-order valence-corrected chi connectivity index (χ4v) is 1.05. The first-order chi connectivity index (χ1) is 6.24. The summed E-state index contributed by atoms with van der Waals surface area (Å²) in [6.45, 7) is 0.178. The predicted molar refractivity (Wildman–Crippen MR) is 48.7 cm³/mol. The molecule has 0 aliphatic heterocycles. The van der Waals surface area contributed by atoms with Crippen LogP contribution in [-0.2, 0) is 10.8 Å². The zero-order valence-corrected chi connectivity index (χ0v) is 7.87.